The van der Waals surface area contributed by atoms with E-state index in [9.17, 15) is 9.59 Å². The topological polar surface area (TPSA) is 88.5 Å². The van der Waals surface area contributed by atoms with E-state index in [-0.39, 0.29) is 5.91 Å². The molecule has 2 unspecified atom stereocenters. The van der Waals surface area contributed by atoms with Gasteiger partial charge in [0.2, 0.25) is 0 Å². The average molecular weight is 329 g/mol. The molecule has 1 saturated heterocycles. The fourth-order valence-electron chi connectivity index (χ4n) is 1.83. The van der Waals surface area contributed by atoms with Crippen molar-refractivity contribution < 1.29 is 19.4 Å². The van der Waals surface area contributed by atoms with Crippen LogP contribution in [0.3, 0.4) is 0 Å². The van der Waals surface area contributed by atoms with Crippen LogP contribution >= 0.6 is 15.9 Å². The number of carboxylic acids is 1. The van der Waals surface area contributed by atoms with Crippen molar-refractivity contribution in [2.75, 3.05) is 5.32 Å². The summed E-state index contributed by atoms with van der Waals surface area (Å²) in [6, 6.07) is 1.73. The molecule has 0 spiro atoms. The predicted molar refractivity (Wildman–Crippen MR) is 70.8 cm³/mol. The standard InChI is InChI=1S/C12H13BrN2O4/c1-6-4-10(14-5-7(6)13)15-11(16)8-2-3-9(19-8)12(17)18/h4-5,8-9H,2-3H2,1H3,(H,17,18)(H,14,15,16). The second-order valence-corrected chi connectivity index (χ2v) is 5.19. The van der Waals surface area contributed by atoms with E-state index >= 15 is 0 Å². The Labute approximate surface area is 118 Å². The summed E-state index contributed by atoms with van der Waals surface area (Å²) in [7, 11) is 0. The highest BCUT2D eigenvalue weighted by molar-refractivity contribution is 9.10. The number of nitrogens with one attached hydrogen (secondary N) is 1. The first-order valence-corrected chi connectivity index (χ1v) is 6.58. The predicted octanol–water partition coefficient (Wildman–Crippen LogP) is 1.72. The minimum absolute atomic E-state index is 0.347. The third kappa shape index (κ3) is 3.30. The van der Waals surface area contributed by atoms with Gasteiger partial charge in [0.05, 0.1) is 0 Å². The Morgan fingerprint density at radius 1 is 1.47 bits per heavy atom. The zero-order chi connectivity index (χ0) is 14.0. The number of amides is 1. The molecule has 1 aliphatic heterocycles. The third-order valence-corrected chi connectivity index (χ3v) is 3.72. The number of hydrogen-bond donors (Lipinski definition) is 2. The van der Waals surface area contributed by atoms with Crippen LogP contribution in [0.25, 0.3) is 0 Å². The van der Waals surface area contributed by atoms with Gasteiger partial charge in [0.15, 0.2) is 6.10 Å². The van der Waals surface area contributed by atoms with E-state index in [4.69, 9.17) is 9.84 Å². The molecule has 0 aromatic carbocycles. The van der Waals surface area contributed by atoms with Crippen molar-refractivity contribution in [3.8, 4) is 0 Å². The van der Waals surface area contributed by atoms with Crippen LogP contribution in [0.2, 0.25) is 0 Å². The molecule has 1 amide bonds. The maximum absolute atomic E-state index is 11.9. The number of pyridine rings is 1. The van der Waals surface area contributed by atoms with Crippen molar-refractivity contribution in [1.82, 2.24) is 4.98 Å². The van der Waals surface area contributed by atoms with Crippen LogP contribution in [0.15, 0.2) is 16.7 Å². The molecule has 2 heterocycles. The number of carbonyl (C=O) groups excluding carboxylic acids is 1. The van der Waals surface area contributed by atoms with E-state index < -0.39 is 18.2 Å². The number of rotatable bonds is 3. The van der Waals surface area contributed by atoms with E-state index in [1.165, 1.54) is 0 Å². The van der Waals surface area contributed by atoms with Crippen LogP contribution in [0.5, 0.6) is 0 Å². The molecular weight excluding hydrogens is 316 g/mol. The fourth-order valence-corrected chi connectivity index (χ4v) is 2.04. The first-order chi connectivity index (χ1) is 8.97. The second-order valence-electron chi connectivity index (χ2n) is 4.34. The molecule has 0 radical (unpaired) electrons. The maximum atomic E-state index is 11.9. The lowest BCUT2D eigenvalue weighted by atomic mass is 10.2. The Kier molecular flexibility index (Phi) is 4.16. The van der Waals surface area contributed by atoms with Gasteiger partial charge in [-0.15, -0.1) is 0 Å². The van der Waals surface area contributed by atoms with Gasteiger partial charge in [0.1, 0.15) is 11.9 Å². The van der Waals surface area contributed by atoms with Gasteiger partial charge >= 0.3 is 5.97 Å². The number of ether oxygens (including phenoxy) is 1. The lowest BCUT2D eigenvalue weighted by Gasteiger charge is -2.11. The quantitative estimate of drug-likeness (QED) is 0.882. The number of nitrogens with zero attached hydrogens (tertiary/aromatic N) is 1. The van der Waals surface area contributed by atoms with Crippen LogP contribution in [0.4, 0.5) is 5.82 Å². The van der Waals surface area contributed by atoms with E-state index in [1.54, 1.807) is 12.3 Å². The SMILES string of the molecule is Cc1cc(NC(=O)C2CCC(C(=O)O)O2)ncc1Br. The van der Waals surface area contributed by atoms with Crippen LogP contribution in [0.1, 0.15) is 18.4 Å². The molecule has 2 rings (SSSR count). The first kappa shape index (κ1) is 14.0. The lowest BCUT2D eigenvalue weighted by molar-refractivity contribution is -0.150. The molecule has 2 atom stereocenters. The Balaban J connectivity index is 1.98. The molecule has 1 aliphatic rings. The normalized spacial score (nSPS) is 22.2. The molecular formula is C12H13BrN2O4. The Morgan fingerprint density at radius 2 is 2.16 bits per heavy atom. The number of anilines is 1. The minimum Gasteiger partial charge on any atom is -0.479 e. The highest BCUT2D eigenvalue weighted by Gasteiger charge is 2.34. The molecule has 7 heteroatoms. The van der Waals surface area contributed by atoms with Gasteiger partial charge in [-0.2, -0.15) is 0 Å². The smallest absolute Gasteiger partial charge is 0.332 e. The highest BCUT2D eigenvalue weighted by Crippen LogP contribution is 2.22. The van der Waals surface area contributed by atoms with Crippen LogP contribution in [0, 0.1) is 6.92 Å². The largest absolute Gasteiger partial charge is 0.479 e. The number of aliphatic carboxylic acids is 1. The molecule has 0 saturated carbocycles. The summed E-state index contributed by atoms with van der Waals surface area (Å²) in [6.07, 6.45) is 0.723. The first-order valence-electron chi connectivity index (χ1n) is 5.78. The molecule has 1 fully saturated rings. The maximum Gasteiger partial charge on any atom is 0.332 e. The number of carbonyl (C=O) groups is 2. The summed E-state index contributed by atoms with van der Waals surface area (Å²) in [6.45, 7) is 1.88. The Hall–Kier alpha value is -1.47. The van der Waals surface area contributed by atoms with Crippen LogP contribution < -0.4 is 5.32 Å². The number of aryl methyl sites for hydroxylation is 1. The molecule has 0 aliphatic carbocycles. The van der Waals surface area contributed by atoms with E-state index in [1.807, 2.05) is 6.92 Å². The van der Waals surface area contributed by atoms with Crippen molar-refractivity contribution in [2.24, 2.45) is 0 Å². The highest BCUT2D eigenvalue weighted by atomic mass is 79.9. The number of hydrogen-bond acceptors (Lipinski definition) is 4. The summed E-state index contributed by atoms with van der Waals surface area (Å²) in [5.74, 6) is -0.973. The molecule has 1 aromatic rings. The van der Waals surface area contributed by atoms with Crippen molar-refractivity contribution >= 4 is 33.6 Å². The molecule has 2 N–H and O–H groups in total. The van der Waals surface area contributed by atoms with E-state index in [0.717, 1.165) is 10.0 Å². The molecule has 19 heavy (non-hydrogen) atoms. The van der Waals surface area contributed by atoms with Gasteiger partial charge in [-0.25, -0.2) is 9.78 Å². The van der Waals surface area contributed by atoms with Gasteiger partial charge in [-0.3, -0.25) is 4.79 Å². The fraction of sp³-hybridized carbons (Fsp3) is 0.417. The monoisotopic (exact) mass is 328 g/mol. The Bertz CT molecular complexity index is 520. The summed E-state index contributed by atoms with van der Waals surface area (Å²) < 4.78 is 6.02. The summed E-state index contributed by atoms with van der Waals surface area (Å²) in [5, 5.41) is 11.4. The molecule has 102 valence electrons. The summed E-state index contributed by atoms with van der Waals surface area (Å²) >= 11 is 3.32. The van der Waals surface area contributed by atoms with Crippen molar-refractivity contribution in [3.05, 3.63) is 22.3 Å². The van der Waals surface area contributed by atoms with Crippen molar-refractivity contribution in [2.45, 2.75) is 32.0 Å². The molecule has 0 bridgehead atoms. The van der Waals surface area contributed by atoms with Crippen LogP contribution in [-0.4, -0.2) is 34.2 Å². The van der Waals surface area contributed by atoms with Gasteiger partial charge in [0, 0.05) is 10.7 Å². The number of aromatic nitrogens is 1. The van der Waals surface area contributed by atoms with E-state index in [0.29, 0.717) is 18.7 Å². The Morgan fingerprint density at radius 3 is 2.74 bits per heavy atom. The van der Waals surface area contributed by atoms with Gasteiger partial charge in [0.25, 0.3) is 5.91 Å². The summed E-state index contributed by atoms with van der Waals surface area (Å²) in [4.78, 5) is 26.7. The molecule has 1 aromatic heterocycles. The zero-order valence-corrected chi connectivity index (χ0v) is 11.8. The average Bonchev–Trinajstić information content (AvgIpc) is 2.83. The summed E-state index contributed by atoms with van der Waals surface area (Å²) in [5.41, 5.74) is 0.945. The van der Waals surface area contributed by atoms with Gasteiger partial charge in [-0.05, 0) is 47.3 Å². The van der Waals surface area contributed by atoms with Gasteiger partial charge < -0.3 is 15.2 Å². The van der Waals surface area contributed by atoms with Crippen molar-refractivity contribution in [1.29, 1.82) is 0 Å². The molecule has 6 nitrogen and oxygen atoms in total. The van der Waals surface area contributed by atoms with E-state index in [2.05, 4.69) is 26.2 Å². The number of halogens is 1. The van der Waals surface area contributed by atoms with Crippen molar-refractivity contribution in [3.63, 3.8) is 0 Å². The van der Waals surface area contributed by atoms with Gasteiger partial charge in [-0.1, -0.05) is 0 Å². The zero-order valence-electron chi connectivity index (χ0n) is 10.2. The number of carboxylic acid groups (broad SMARTS) is 1. The minimum atomic E-state index is -1.03. The lowest BCUT2D eigenvalue weighted by Crippen LogP contribution is -2.30. The van der Waals surface area contributed by atoms with Crippen LogP contribution in [-0.2, 0) is 14.3 Å². The third-order valence-electron chi connectivity index (χ3n) is 2.89. The second kappa shape index (κ2) is 5.66.